The molecule has 1 unspecified atom stereocenters. The summed E-state index contributed by atoms with van der Waals surface area (Å²) in [5.74, 6) is 7.20. The number of rotatable bonds is 4. The first-order valence-corrected chi connectivity index (χ1v) is 4.86. The molecule has 0 aromatic heterocycles. The van der Waals surface area contributed by atoms with E-state index in [2.05, 4.69) is 36.5 Å². The zero-order chi connectivity index (χ0) is 10.3. The van der Waals surface area contributed by atoms with E-state index in [0.717, 1.165) is 13.1 Å². The number of nitrogens with two attached hydrogens (primary N) is 1. The molecule has 78 valence electrons. The van der Waals surface area contributed by atoms with Crippen LogP contribution in [0.4, 0.5) is 0 Å². The highest BCUT2D eigenvalue weighted by molar-refractivity contribution is 5.79. The molecule has 0 heterocycles. The molecule has 4 N–H and O–H groups in total. The molecule has 0 fully saturated rings. The maximum atomic E-state index is 5.28. The Kier molecular flexibility index (Phi) is 6.32. The van der Waals surface area contributed by atoms with Gasteiger partial charge in [-0.25, -0.2) is 5.84 Å². The van der Waals surface area contributed by atoms with Crippen molar-refractivity contribution in [3.8, 4) is 0 Å². The minimum absolute atomic E-state index is 0.585. The molecule has 0 radical (unpaired) electrons. The molecule has 0 saturated heterocycles. The second-order valence-corrected chi connectivity index (χ2v) is 3.59. The fraction of sp³-hybridized carbons (Fsp3) is 0.889. The SMILES string of the molecule is CCNC(=NCC(C)C(C)C)NN. The molecule has 0 spiro atoms. The molecule has 4 heteroatoms. The molecular weight excluding hydrogens is 164 g/mol. The van der Waals surface area contributed by atoms with Gasteiger partial charge in [0.05, 0.1) is 0 Å². The van der Waals surface area contributed by atoms with Crippen LogP contribution >= 0.6 is 0 Å². The standard InChI is InChI=1S/C9H22N4/c1-5-11-9(13-10)12-6-8(4)7(2)3/h7-8H,5-6,10H2,1-4H3,(H2,11,12,13). The number of aliphatic imine (C=N–C) groups is 1. The van der Waals surface area contributed by atoms with E-state index < -0.39 is 0 Å². The number of guanidine groups is 1. The first-order chi connectivity index (χ1) is 6.11. The van der Waals surface area contributed by atoms with E-state index in [1.807, 2.05) is 6.92 Å². The van der Waals surface area contributed by atoms with E-state index >= 15 is 0 Å². The summed E-state index contributed by atoms with van der Waals surface area (Å²) in [7, 11) is 0. The molecule has 0 aliphatic heterocycles. The van der Waals surface area contributed by atoms with Crippen LogP contribution in [0, 0.1) is 11.8 Å². The van der Waals surface area contributed by atoms with Crippen molar-refractivity contribution >= 4 is 5.96 Å². The average Bonchev–Trinajstić information content (AvgIpc) is 2.11. The number of hydrogen-bond donors (Lipinski definition) is 3. The minimum Gasteiger partial charge on any atom is -0.356 e. The summed E-state index contributed by atoms with van der Waals surface area (Å²) < 4.78 is 0. The Balaban J connectivity index is 3.90. The van der Waals surface area contributed by atoms with Crippen molar-refractivity contribution < 1.29 is 0 Å². The number of hydrogen-bond acceptors (Lipinski definition) is 2. The first kappa shape index (κ1) is 12.2. The van der Waals surface area contributed by atoms with Gasteiger partial charge in [-0.2, -0.15) is 0 Å². The van der Waals surface area contributed by atoms with Gasteiger partial charge in [0, 0.05) is 13.1 Å². The van der Waals surface area contributed by atoms with Gasteiger partial charge in [0.2, 0.25) is 5.96 Å². The van der Waals surface area contributed by atoms with Gasteiger partial charge in [0.1, 0.15) is 0 Å². The van der Waals surface area contributed by atoms with Crippen LogP contribution in [0.5, 0.6) is 0 Å². The Morgan fingerprint density at radius 2 is 2.00 bits per heavy atom. The Morgan fingerprint density at radius 3 is 2.38 bits per heavy atom. The van der Waals surface area contributed by atoms with E-state index in [1.54, 1.807) is 0 Å². The van der Waals surface area contributed by atoms with Crippen LogP contribution in [0.15, 0.2) is 4.99 Å². The highest BCUT2D eigenvalue weighted by Crippen LogP contribution is 2.08. The van der Waals surface area contributed by atoms with E-state index in [4.69, 9.17) is 5.84 Å². The molecule has 13 heavy (non-hydrogen) atoms. The normalized spacial score (nSPS) is 14.5. The highest BCUT2D eigenvalue weighted by atomic mass is 15.3. The van der Waals surface area contributed by atoms with E-state index in [0.29, 0.717) is 17.8 Å². The van der Waals surface area contributed by atoms with E-state index in [1.165, 1.54) is 0 Å². The lowest BCUT2D eigenvalue weighted by Gasteiger charge is -2.13. The van der Waals surface area contributed by atoms with Crippen LogP contribution in [-0.4, -0.2) is 19.0 Å². The van der Waals surface area contributed by atoms with E-state index in [-0.39, 0.29) is 0 Å². The molecule has 0 amide bonds. The third kappa shape index (κ3) is 5.47. The van der Waals surface area contributed by atoms with Gasteiger partial charge in [-0.1, -0.05) is 20.8 Å². The number of nitrogens with one attached hydrogen (secondary N) is 2. The van der Waals surface area contributed by atoms with Crippen LogP contribution in [-0.2, 0) is 0 Å². The van der Waals surface area contributed by atoms with Crippen LogP contribution in [0.2, 0.25) is 0 Å². The monoisotopic (exact) mass is 186 g/mol. The van der Waals surface area contributed by atoms with Gasteiger partial charge in [0.15, 0.2) is 0 Å². The van der Waals surface area contributed by atoms with Crippen molar-refractivity contribution in [2.45, 2.75) is 27.7 Å². The van der Waals surface area contributed by atoms with Gasteiger partial charge in [-0.15, -0.1) is 0 Å². The maximum absolute atomic E-state index is 5.28. The van der Waals surface area contributed by atoms with Gasteiger partial charge in [-0.3, -0.25) is 10.4 Å². The quantitative estimate of drug-likeness (QED) is 0.262. The fourth-order valence-corrected chi connectivity index (χ4v) is 0.766. The Hall–Kier alpha value is -0.770. The van der Waals surface area contributed by atoms with Gasteiger partial charge in [-0.05, 0) is 18.8 Å². The Morgan fingerprint density at radius 1 is 1.38 bits per heavy atom. The van der Waals surface area contributed by atoms with Crippen molar-refractivity contribution in [3.05, 3.63) is 0 Å². The molecule has 0 bridgehead atoms. The van der Waals surface area contributed by atoms with Crippen LogP contribution < -0.4 is 16.6 Å². The molecule has 4 nitrogen and oxygen atoms in total. The summed E-state index contributed by atoms with van der Waals surface area (Å²) in [6, 6.07) is 0. The second-order valence-electron chi connectivity index (χ2n) is 3.59. The van der Waals surface area contributed by atoms with Crippen molar-refractivity contribution in [1.82, 2.24) is 10.7 Å². The summed E-state index contributed by atoms with van der Waals surface area (Å²) in [6.45, 7) is 10.2. The predicted octanol–water partition coefficient (Wildman–Crippen LogP) is 0.707. The summed E-state index contributed by atoms with van der Waals surface area (Å²) in [5, 5.41) is 3.04. The molecule has 0 saturated carbocycles. The Labute approximate surface area is 81.0 Å². The van der Waals surface area contributed by atoms with Gasteiger partial charge in [0.25, 0.3) is 0 Å². The fourth-order valence-electron chi connectivity index (χ4n) is 0.766. The molecule has 0 aliphatic carbocycles. The number of nitrogens with zero attached hydrogens (tertiary/aromatic N) is 1. The van der Waals surface area contributed by atoms with Crippen molar-refractivity contribution in [1.29, 1.82) is 0 Å². The Bertz CT molecular complexity index is 154. The smallest absolute Gasteiger partial charge is 0.205 e. The molecule has 0 aliphatic rings. The topological polar surface area (TPSA) is 62.4 Å². The van der Waals surface area contributed by atoms with Crippen molar-refractivity contribution in [2.24, 2.45) is 22.7 Å². The number of hydrazine groups is 1. The molecule has 0 aromatic carbocycles. The zero-order valence-electron chi connectivity index (χ0n) is 9.09. The average molecular weight is 186 g/mol. The molecule has 1 atom stereocenters. The summed E-state index contributed by atoms with van der Waals surface area (Å²) in [5.41, 5.74) is 2.54. The molecular formula is C9H22N4. The van der Waals surface area contributed by atoms with Gasteiger partial charge < -0.3 is 5.32 Å². The minimum atomic E-state index is 0.585. The van der Waals surface area contributed by atoms with Crippen LogP contribution in [0.3, 0.4) is 0 Å². The highest BCUT2D eigenvalue weighted by Gasteiger charge is 2.05. The predicted molar refractivity (Wildman–Crippen MR) is 57.3 cm³/mol. The third-order valence-electron chi connectivity index (χ3n) is 2.16. The molecule has 0 rings (SSSR count). The van der Waals surface area contributed by atoms with Crippen LogP contribution in [0.1, 0.15) is 27.7 Å². The first-order valence-electron chi connectivity index (χ1n) is 4.86. The molecule has 0 aromatic rings. The van der Waals surface area contributed by atoms with Crippen molar-refractivity contribution in [2.75, 3.05) is 13.1 Å². The maximum Gasteiger partial charge on any atom is 0.205 e. The largest absolute Gasteiger partial charge is 0.356 e. The van der Waals surface area contributed by atoms with Crippen LogP contribution in [0.25, 0.3) is 0 Å². The third-order valence-corrected chi connectivity index (χ3v) is 2.16. The summed E-state index contributed by atoms with van der Waals surface area (Å²) >= 11 is 0. The lowest BCUT2D eigenvalue weighted by atomic mass is 9.99. The lowest BCUT2D eigenvalue weighted by Crippen LogP contribution is -2.41. The summed E-state index contributed by atoms with van der Waals surface area (Å²) in [4.78, 5) is 4.32. The summed E-state index contributed by atoms with van der Waals surface area (Å²) in [6.07, 6.45) is 0. The zero-order valence-corrected chi connectivity index (χ0v) is 9.09. The lowest BCUT2D eigenvalue weighted by molar-refractivity contribution is 0.429. The van der Waals surface area contributed by atoms with E-state index in [9.17, 15) is 0 Å². The van der Waals surface area contributed by atoms with Gasteiger partial charge >= 0.3 is 0 Å². The van der Waals surface area contributed by atoms with Crippen molar-refractivity contribution in [3.63, 3.8) is 0 Å². The second kappa shape index (κ2) is 6.71.